The van der Waals surface area contributed by atoms with E-state index in [1.165, 1.54) is 6.07 Å². The van der Waals surface area contributed by atoms with Crippen molar-refractivity contribution in [3.05, 3.63) is 39.4 Å². The second-order valence-corrected chi connectivity index (χ2v) is 4.68. The van der Waals surface area contributed by atoms with Crippen molar-refractivity contribution in [2.45, 2.75) is 25.8 Å². The topological polar surface area (TPSA) is 83.7 Å². The van der Waals surface area contributed by atoms with Crippen LogP contribution in [0.1, 0.15) is 30.5 Å². The van der Waals surface area contributed by atoms with Crippen molar-refractivity contribution in [3.8, 4) is 0 Å². The van der Waals surface area contributed by atoms with E-state index in [2.05, 4.69) is 0 Å². The van der Waals surface area contributed by atoms with Crippen molar-refractivity contribution < 1.29 is 14.8 Å². The van der Waals surface area contributed by atoms with Gasteiger partial charge in [0.05, 0.1) is 11.5 Å². The Morgan fingerprint density at radius 1 is 1.58 bits per heavy atom. The van der Waals surface area contributed by atoms with Crippen molar-refractivity contribution in [2.24, 2.45) is 0 Å². The minimum absolute atomic E-state index is 0.0271. The van der Waals surface area contributed by atoms with Crippen LogP contribution in [0.5, 0.6) is 0 Å². The third kappa shape index (κ3) is 2.73. The quantitative estimate of drug-likeness (QED) is 0.664. The van der Waals surface area contributed by atoms with Gasteiger partial charge in [0.15, 0.2) is 0 Å². The predicted molar refractivity (Wildman–Crippen MR) is 69.0 cm³/mol. The highest BCUT2D eigenvalue weighted by Gasteiger charge is 2.28. The van der Waals surface area contributed by atoms with Crippen molar-refractivity contribution in [3.63, 3.8) is 0 Å². The van der Waals surface area contributed by atoms with Gasteiger partial charge in [-0.3, -0.25) is 19.8 Å². The Balaban J connectivity index is 2.36. The number of nitro groups is 1. The van der Waals surface area contributed by atoms with E-state index in [0.29, 0.717) is 6.54 Å². The Kier molecular flexibility index (Phi) is 3.80. The monoisotopic (exact) mass is 264 g/mol. The lowest BCUT2D eigenvalue weighted by Crippen LogP contribution is -2.38. The fourth-order valence-electron chi connectivity index (χ4n) is 2.69. The van der Waals surface area contributed by atoms with Gasteiger partial charge < -0.3 is 5.11 Å². The minimum Gasteiger partial charge on any atom is -0.480 e. The maximum Gasteiger partial charge on any atom is 0.317 e. The fraction of sp³-hybridized carbons (Fsp3) is 0.462. The largest absolute Gasteiger partial charge is 0.480 e. The highest BCUT2D eigenvalue weighted by atomic mass is 16.6. The molecule has 0 radical (unpaired) electrons. The van der Waals surface area contributed by atoms with E-state index in [4.69, 9.17) is 5.11 Å². The van der Waals surface area contributed by atoms with Crippen LogP contribution in [0.4, 0.5) is 5.69 Å². The zero-order valence-corrected chi connectivity index (χ0v) is 10.7. The zero-order valence-electron chi connectivity index (χ0n) is 10.7. The Hall–Kier alpha value is -1.95. The van der Waals surface area contributed by atoms with Gasteiger partial charge in [0.25, 0.3) is 5.69 Å². The molecule has 2 rings (SSSR count). The number of carbonyl (C=O) groups is 1. The molecule has 0 amide bonds. The van der Waals surface area contributed by atoms with E-state index < -0.39 is 10.9 Å². The van der Waals surface area contributed by atoms with Crippen LogP contribution in [0.3, 0.4) is 0 Å². The molecule has 0 fully saturated rings. The van der Waals surface area contributed by atoms with Gasteiger partial charge in [-0.15, -0.1) is 0 Å². The number of nitrogens with zero attached hydrogens (tertiary/aromatic N) is 2. The molecule has 1 atom stereocenters. The van der Waals surface area contributed by atoms with Crippen molar-refractivity contribution in [1.29, 1.82) is 0 Å². The van der Waals surface area contributed by atoms with Gasteiger partial charge in [0.1, 0.15) is 0 Å². The minimum atomic E-state index is -0.868. The van der Waals surface area contributed by atoms with Gasteiger partial charge in [-0.05, 0) is 24.0 Å². The van der Waals surface area contributed by atoms with Crippen LogP contribution in [0, 0.1) is 10.1 Å². The third-order valence-electron chi connectivity index (χ3n) is 3.53. The van der Waals surface area contributed by atoms with E-state index >= 15 is 0 Å². The molecule has 1 heterocycles. The number of benzene rings is 1. The molecule has 1 aliphatic rings. The summed E-state index contributed by atoms with van der Waals surface area (Å²) in [6.07, 6.45) is 1.47. The molecule has 0 saturated heterocycles. The Labute approximate surface area is 110 Å². The molecule has 1 aromatic rings. The molecule has 0 spiro atoms. The van der Waals surface area contributed by atoms with Crippen molar-refractivity contribution in [1.82, 2.24) is 4.90 Å². The number of rotatable bonds is 4. The lowest BCUT2D eigenvalue weighted by Gasteiger charge is -2.35. The molecule has 6 heteroatoms. The molecule has 1 aliphatic heterocycles. The molecular weight excluding hydrogens is 248 g/mol. The summed E-state index contributed by atoms with van der Waals surface area (Å²) in [7, 11) is 0. The maximum atomic E-state index is 10.9. The van der Waals surface area contributed by atoms with Crippen LogP contribution < -0.4 is 0 Å². The number of carboxylic acid groups (broad SMARTS) is 1. The first-order chi connectivity index (χ1) is 9.02. The van der Waals surface area contributed by atoms with Crippen LogP contribution in [-0.4, -0.2) is 34.0 Å². The van der Waals surface area contributed by atoms with Gasteiger partial charge in [-0.2, -0.15) is 0 Å². The van der Waals surface area contributed by atoms with Crippen LogP contribution >= 0.6 is 0 Å². The average Bonchev–Trinajstić information content (AvgIpc) is 2.37. The lowest BCUT2D eigenvalue weighted by molar-refractivity contribution is -0.385. The number of carboxylic acids is 1. The maximum absolute atomic E-state index is 10.9. The molecule has 0 saturated carbocycles. The summed E-state index contributed by atoms with van der Waals surface area (Å²) >= 11 is 0. The first-order valence-corrected chi connectivity index (χ1v) is 6.26. The van der Waals surface area contributed by atoms with E-state index in [0.717, 1.165) is 24.0 Å². The summed E-state index contributed by atoms with van der Waals surface area (Å²) in [6, 6.07) is 4.82. The Morgan fingerprint density at radius 2 is 2.32 bits per heavy atom. The molecule has 0 aliphatic carbocycles. The number of fused-ring (bicyclic) bond motifs is 1. The van der Waals surface area contributed by atoms with Crippen molar-refractivity contribution in [2.75, 3.05) is 13.1 Å². The highest BCUT2D eigenvalue weighted by molar-refractivity contribution is 5.69. The van der Waals surface area contributed by atoms with Gasteiger partial charge in [-0.1, -0.05) is 13.0 Å². The third-order valence-corrected chi connectivity index (χ3v) is 3.53. The van der Waals surface area contributed by atoms with E-state index in [9.17, 15) is 14.9 Å². The lowest BCUT2D eigenvalue weighted by atomic mass is 9.90. The summed E-state index contributed by atoms with van der Waals surface area (Å²) in [5, 5.41) is 19.8. The molecular formula is C13H16N2O4. The average molecular weight is 264 g/mol. The summed E-state index contributed by atoms with van der Waals surface area (Å²) in [6.45, 7) is 2.61. The predicted octanol–water partition coefficient (Wildman–Crippen LogP) is 1.99. The van der Waals surface area contributed by atoms with Crippen LogP contribution in [0.25, 0.3) is 0 Å². The normalized spacial score (nSPS) is 18.9. The standard InChI is InChI=1S/C13H16N2O4/c1-2-12-11-7-10(15(18)19)4-3-9(11)5-6-14(12)8-13(16)17/h3-4,7,12H,2,5-6,8H2,1H3,(H,16,17). The van der Waals surface area contributed by atoms with Crippen molar-refractivity contribution >= 4 is 11.7 Å². The smallest absolute Gasteiger partial charge is 0.317 e. The van der Waals surface area contributed by atoms with Crippen LogP contribution in [0.2, 0.25) is 0 Å². The van der Waals surface area contributed by atoms with Gasteiger partial charge in [0, 0.05) is 24.7 Å². The number of non-ortho nitro benzene ring substituents is 1. The van der Waals surface area contributed by atoms with Gasteiger partial charge >= 0.3 is 5.97 Å². The molecule has 1 unspecified atom stereocenters. The first-order valence-electron chi connectivity index (χ1n) is 6.26. The molecule has 0 aromatic heterocycles. The molecule has 1 N–H and O–H groups in total. The van der Waals surface area contributed by atoms with Crippen LogP contribution in [0.15, 0.2) is 18.2 Å². The summed E-state index contributed by atoms with van der Waals surface area (Å²) in [4.78, 5) is 23.2. The fourth-order valence-corrected chi connectivity index (χ4v) is 2.69. The van der Waals surface area contributed by atoms with E-state index in [1.54, 1.807) is 12.1 Å². The Bertz CT molecular complexity index is 515. The van der Waals surface area contributed by atoms with E-state index in [-0.39, 0.29) is 18.3 Å². The highest BCUT2D eigenvalue weighted by Crippen LogP contribution is 2.34. The summed E-state index contributed by atoms with van der Waals surface area (Å²) in [5.74, 6) is -0.868. The Morgan fingerprint density at radius 3 is 2.89 bits per heavy atom. The number of nitro benzene ring substituents is 1. The number of aliphatic carboxylic acids is 1. The zero-order chi connectivity index (χ0) is 14.0. The molecule has 19 heavy (non-hydrogen) atoms. The molecule has 0 bridgehead atoms. The number of hydrogen-bond donors (Lipinski definition) is 1. The summed E-state index contributed by atoms with van der Waals surface area (Å²) in [5.41, 5.74) is 2.04. The second-order valence-electron chi connectivity index (χ2n) is 4.68. The molecule has 1 aromatic carbocycles. The molecule has 102 valence electrons. The van der Waals surface area contributed by atoms with Gasteiger partial charge in [-0.25, -0.2) is 0 Å². The van der Waals surface area contributed by atoms with Gasteiger partial charge in [0.2, 0.25) is 0 Å². The second kappa shape index (κ2) is 5.36. The molecule has 6 nitrogen and oxygen atoms in total. The summed E-state index contributed by atoms with van der Waals surface area (Å²) < 4.78 is 0. The number of hydrogen-bond acceptors (Lipinski definition) is 4. The first kappa shape index (κ1) is 13.5. The van der Waals surface area contributed by atoms with Crippen LogP contribution in [-0.2, 0) is 11.2 Å². The van der Waals surface area contributed by atoms with E-state index in [1.807, 2.05) is 11.8 Å². The SMILES string of the molecule is CCC1c2cc([N+](=O)[O-])ccc2CCN1CC(=O)O.